The van der Waals surface area contributed by atoms with Gasteiger partial charge in [-0.3, -0.25) is 9.59 Å². The van der Waals surface area contributed by atoms with E-state index in [4.69, 9.17) is 0 Å². The van der Waals surface area contributed by atoms with Crippen molar-refractivity contribution in [2.75, 3.05) is 11.9 Å². The number of hydrogen-bond donors (Lipinski definition) is 4. The summed E-state index contributed by atoms with van der Waals surface area (Å²) >= 11 is 0. The van der Waals surface area contributed by atoms with Crippen LogP contribution in [-0.4, -0.2) is 53.3 Å². The summed E-state index contributed by atoms with van der Waals surface area (Å²) in [6, 6.07) is 24.6. The van der Waals surface area contributed by atoms with E-state index in [0.29, 0.717) is 24.9 Å². The monoisotopic (exact) mass is 596 g/mol. The summed E-state index contributed by atoms with van der Waals surface area (Å²) < 4.78 is 28.3. The summed E-state index contributed by atoms with van der Waals surface area (Å²) in [5, 5.41) is 18.7. The number of nitrogens with zero attached hydrogens (tertiary/aromatic N) is 1. The maximum Gasteiger partial charge on any atom is 0.247 e. The number of phenols is 1. The topological polar surface area (TPSA) is 132 Å². The minimum Gasteiger partial charge on any atom is -0.508 e. The Morgan fingerprint density at radius 1 is 0.930 bits per heavy atom. The molecule has 0 spiro atoms. The molecule has 2 atom stereocenters. The van der Waals surface area contributed by atoms with Gasteiger partial charge in [0.2, 0.25) is 21.8 Å². The number of benzene rings is 4. The highest BCUT2D eigenvalue weighted by Crippen LogP contribution is 2.28. The average Bonchev–Trinajstić information content (AvgIpc) is 3.43. The Labute approximate surface area is 249 Å². The molecule has 10 heteroatoms. The van der Waals surface area contributed by atoms with Crippen LogP contribution in [0, 0.1) is 0 Å². The number of rotatable bonds is 8. The second-order valence-electron chi connectivity index (χ2n) is 10.8. The van der Waals surface area contributed by atoms with Crippen LogP contribution in [0.25, 0.3) is 21.7 Å². The number of nitrogens with one attached hydrogen (secondary N) is 3. The van der Waals surface area contributed by atoms with Crippen LogP contribution < -0.4 is 10.6 Å². The summed E-state index contributed by atoms with van der Waals surface area (Å²) in [7, 11) is -4.08. The lowest BCUT2D eigenvalue weighted by molar-refractivity contribution is -0.129. The van der Waals surface area contributed by atoms with Crippen LogP contribution in [0.4, 0.5) is 5.69 Å². The maximum atomic E-state index is 13.8. The van der Waals surface area contributed by atoms with Crippen molar-refractivity contribution in [1.82, 2.24) is 14.6 Å². The van der Waals surface area contributed by atoms with Gasteiger partial charge in [-0.15, -0.1) is 0 Å². The largest absolute Gasteiger partial charge is 0.508 e. The van der Waals surface area contributed by atoms with Gasteiger partial charge in [-0.1, -0.05) is 61.0 Å². The van der Waals surface area contributed by atoms with E-state index < -0.39 is 33.9 Å². The number of aromatic hydroxyl groups is 1. The van der Waals surface area contributed by atoms with Gasteiger partial charge in [-0.05, 0) is 65.6 Å². The van der Waals surface area contributed by atoms with Crippen LogP contribution in [0.15, 0.2) is 102 Å². The Morgan fingerprint density at radius 2 is 1.72 bits per heavy atom. The number of piperidine rings is 1. The number of phenolic OH excluding ortho intramolecular Hbond substituents is 1. The van der Waals surface area contributed by atoms with Crippen molar-refractivity contribution in [1.29, 1.82) is 0 Å². The molecule has 2 heterocycles. The van der Waals surface area contributed by atoms with Crippen LogP contribution in [0.5, 0.6) is 5.75 Å². The van der Waals surface area contributed by atoms with Gasteiger partial charge in [0, 0.05) is 35.8 Å². The molecule has 1 aromatic heterocycles. The fraction of sp³-hybridized carbons (Fsp3) is 0.212. The Bertz CT molecular complexity index is 1920. The van der Waals surface area contributed by atoms with Crippen molar-refractivity contribution >= 4 is 49.2 Å². The molecule has 6 rings (SSSR count). The minimum atomic E-state index is -4.08. The van der Waals surface area contributed by atoms with Crippen LogP contribution in [0.1, 0.15) is 24.8 Å². The number of hydrogen-bond acceptors (Lipinski definition) is 5. The van der Waals surface area contributed by atoms with E-state index in [-0.39, 0.29) is 23.6 Å². The first-order valence-corrected chi connectivity index (χ1v) is 15.7. The first-order chi connectivity index (χ1) is 20.8. The molecule has 220 valence electrons. The van der Waals surface area contributed by atoms with Crippen molar-refractivity contribution < 1.29 is 23.1 Å². The molecule has 9 nitrogen and oxygen atoms in total. The first kappa shape index (κ1) is 28.4. The van der Waals surface area contributed by atoms with Crippen molar-refractivity contribution in [3.63, 3.8) is 0 Å². The molecule has 1 unspecified atom stereocenters. The zero-order valence-corrected chi connectivity index (χ0v) is 24.2. The number of anilines is 1. The van der Waals surface area contributed by atoms with Gasteiger partial charge in [0.25, 0.3) is 0 Å². The third-order valence-electron chi connectivity index (χ3n) is 7.93. The number of amides is 2. The quantitative estimate of drug-likeness (QED) is 0.202. The first-order valence-electron chi connectivity index (χ1n) is 14.3. The van der Waals surface area contributed by atoms with Crippen molar-refractivity contribution in [3.05, 3.63) is 103 Å². The fourth-order valence-electron chi connectivity index (χ4n) is 5.73. The number of aromatic amines is 1. The molecular formula is C33H32N4O5S. The molecule has 0 aliphatic carbocycles. The van der Waals surface area contributed by atoms with E-state index in [1.54, 1.807) is 0 Å². The normalized spacial score (nSPS) is 16.6. The van der Waals surface area contributed by atoms with Crippen LogP contribution in [0.2, 0.25) is 0 Å². The van der Waals surface area contributed by atoms with Crippen LogP contribution >= 0.6 is 0 Å². The standard InChI is InChI=1S/C33H32N4O5S/c38-26-10-7-11-27(20-26)43(41,42)37-17-6-5-14-31(37)33(40)36-30(19-24-21-34-29-13-4-3-12-28(24)29)32(39)35-25-16-15-22-8-1-2-9-23(22)18-25/h1-4,7-13,15-16,18,20-21,30-31,34,38H,5-6,14,17,19H2,(H,35,39)(H,36,40)/t30-,31?/m0/s1. The molecule has 1 aliphatic rings. The minimum absolute atomic E-state index is 0.0865. The Hall–Kier alpha value is -4.67. The molecule has 1 saturated heterocycles. The highest BCUT2D eigenvalue weighted by molar-refractivity contribution is 7.89. The van der Waals surface area contributed by atoms with E-state index in [9.17, 15) is 23.1 Å². The van der Waals surface area contributed by atoms with E-state index >= 15 is 0 Å². The summed E-state index contributed by atoms with van der Waals surface area (Å²) in [5.41, 5.74) is 2.35. The second kappa shape index (κ2) is 11.9. The van der Waals surface area contributed by atoms with Gasteiger partial charge >= 0.3 is 0 Å². The summed E-state index contributed by atoms with van der Waals surface area (Å²) in [6.45, 7) is 0.159. The second-order valence-corrected chi connectivity index (χ2v) is 12.7. The molecule has 2 amide bonds. The van der Waals surface area contributed by atoms with Gasteiger partial charge in [-0.25, -0.2) is 8.42 Å². The SMILES string of the molecule is O=C(N[C@@H](Cc1c[nH]c2ccccc12)C(=O)Nc1ccc2ccccc2c1)C1CCCCN1S(=O)(=O)c1cccc(O)c1. The van der Waals surface area contributed by atoms with Gasteiger partial charge in [-0.2, -0.15) is 4.31 Å². The van der Waals surface area contributed by atoms with E-state index in [2.05, 4.69) is 15.6 Å². The predicted molar refractivity (Wildman–Crippen MR) is 166 cm³/mol. The summed E-state index contributed by atoms with van der Waals surface area (Å²) in [5.74, 6) is -1.13. The van der Waals surface area contributed by atoms with Crippen LogP contribution in [0.3, 0.4) is 0 Å². The lowest BCUT2D eigenvalue weighted by Crippen LogP contribution is -2.56. The number of carbonyl (C=O) groups excluding carboxylic acids is 2. The third-order valence-corrected chi connectivity index (χ3v) is 9.83. The molecule has 1 aliphatic heterocycles. The number of para-hydroxylation sites is 1. The third kappa shape index (κ3) is 5.97. The number of sulfonamides is 1. The van der Waals surface area contributed by atoms with Crippen molar-refractivity contribution in [2.45, 2.75) is 42.7 Å². The molecule has 0 bridgehead atoms. The number of aromatic nitrogens is 1. The molecule has 4 N–H and O–H groups in total. The number of carbonyl (C=O) groups is 2. The maximum absolute atomic E-state index is 13.8. The fourth-order valence-corrected chi connectivity index (χ4v) is 7.42. The highest BCUT2D eigenvalue weighted by atomic mass is 32.2. The smallest absolute Gasteiger partial charge is 0.247 e. The zero-order chi connectivity index (χ0) is 30.0. The van der Waals surface area contributed by atoms with Gasteiger partial charge in [0.1, 0.15) is 17.8 Å². The lowest BCUT2D eigenvalue weighted by atomic mass is 10.0. The Morgan fingerprint density at radius 3 is 2.56 bits per heavy atom. The van der Waals surface area contributed by atoms with Gasteiger partial charge < -0.3 is 20.7 Å². The summed E-state index contributed by atoms with van der Waals surface area (Å²) in [4.78, 5) is 30.7. The molecule has 43 heavy (non-hydrogen) atoms. The highest BCUT2D eigenvalue weighted by Gasteiger charge is 2.39. The molecule has 0 saturated carbocycles. The van der Waals surface area contributed by atoms with Crippen LogP contribution in [-0.2, 0) is 26.0 Å². The Balaban J connectivity index is 1.29. The average molecular weight is 597 g/mol. The van der Waals surface area contributed by atoms with Gasteiger partial charge in [0.05, 0.1) is 4.90 Å². The number of fused-ring (bicyclic) bond motifs is 2. The zero-order valence-electron chi connectivity index (χ0n) is 23.4. The van der Waals surface area contributed by atoms with Gasteiger partial charge in [0.15, 0.2) is 0 Å². The van der Waals surface area contributed by atoms with E-state index in [1.165, 1.54) is 28.6 Å². The molecule has 1 fully saturated rings. The molecule has 0 radical (unpaired) electrons. The van der Waals surface area contributed by atoms with Crippen molar-refractivity contribution in [3.8, 4) is 5.75 Å². The molecular weight excluding hydrogens is 564 g/mol. The lowest BCUT2D eigenvalue weighted by Gasteiger charge is -2.34. The number of H-pyrrole nitrogens is 1. The summed E-state index contributed by atoms with van der Waals surface area (Å²) in [6.07, 6.45) is 3.60. The predicted octanol–water partition coefficient (Wildman–Crippen LogP) is 4.94. The van der Waals surface area contributed by atoms with E-state index in [0.717, 1.165) is 27.2 Å². The molecule has 4 aromatic carbocycles. The Kier molecular flexibility index (Phi) is 7.88. The van der Waals surface area contributed by atoms with Crippen molar-refractivity contribution in [2.24, 2.45) is 0 Å². The molecule has 5 aromatic rings. The van der Waals surface area contributed by atoms with E-state index in [1.807, 2.05) is 72.9 Å².